The molecule has 166 valence electrons. The number of sulfone groups is 1. The number of benzene rings is 2. The first-order chi connectivity index (χ1) is 14.4. The van der Waals surface area contributed by atoms with Crippen molar-refractivity contribution in [3.8, 4) is 11.5 Å². The molecule has 0 N–H and O–H groups in total. The van der Waals surface area contributed by atoms with E-state index < -0.39 is 32.6 Å². The summed E-state index contributed by atoms with van der Waals surface area (Å²) in [6.45, 7) is 8.04. The fourth-order valence-corrected chi connectivity index (χ4v) is 6.45. The molecule has 2 bridgehead atoms. The number of hydrogen-bond donors (Lipinski definition) is 0. The van der Waals surface area contributed by atoms with Crippen molar-refractivity contribution in [1.29, 1.82) is 0 Å². The van der Waals surface area contributed by atoms with Gasteiger partial charge in [-0.1, -0.05) is 32.9 Å². The summed E-state index contributed by atoms with van der Waals surface area (Å²) in [5.41, 5.74) is 0.734. The van der Waals surface area contributed by atoms with Crippen molar-refractivity contribution in [3.05, 3.63) is 53.6 Å². The first-order valence-electron chi connectivity index (χ1n) is 10.4. The zero-order valence-corrected chi connectivity index (χ0v) is 19.6. The van der Waals surface area contributed by atoms with Gasteiger partial charge in [0.1, 0.15) is 11.5 Å². The Morgan fingerprint density at radius 3 is 2.35 bits per heavy atom. The molecule has 0 radical (unpaired) electrons. The number of hydrogen-bond acceptors (Lipinski definition) is 5. The first kappa shape index (κ1) is 21.7. The zero-order valence-electron chi connectivity index (χ0n) is 18.8. The number of likely N-dealkylation sites (tertiary alicyclic amines) is 1. The van der Waals surface area contributed by atoms with Crippen molar-refractivity contribution >= 4 is 15.7 Å². The minimum absolute atomic E-state index is 0.0960. The van der Waals surface area contributed by atoms with Crippen LogP contribution in [0, 0.1) is 0 Å². The standard InChI is InChI=1S/C24H29NO5S/c1-23(2,3)15-7-10-17(11-8-15)31(27,28)21-19-14-24(4,25(5)22(21)26)30-20-12-9-16(29-6)13-18(19)20/h7-13,19,21H,14H2,1-6H3/t19-,21-,24-/m1/s1. The molecular weight excluding hydrogens is 414 g/mol. The second kappa shape index (κ2) is 6.99. The van der Waals surface area contributed by atoms with Gasteiger partial charge in [0.05, 0.1) is 12.0 Å². The number of piperidine rings is 1. The minimum atomic E-state index is -3.93. The maximum Gasteiger partial charge on any atom is 0.244 e. The van der Waals surface area contributed by atoms with Crippen LogP contribution < -0.4 is 9.47 Å². The molecule has 2 aromatic rings. The SMILES string of the molecule is COc1ccc2c(c1)[C@H]1C[C@@](C)(O2)N(C)C(=O)[C@@H]1S(=O)(=O)c1ccc(C(C)(C)C)cc1. The molecule has 2 aliphatic heterocycles. The lowest BCUT2D eigenvalue weighted by Crippen LogP contribution is -2.64. The van der Waals surface area contributed by atoms with Gasteiger partial charge in [-0.3, -0.25) is 4.79 Å². The number of rotatable bonds is 3. The van der Waals surface area contributed by atoms with E-state index >= 15 is 0 Å². The maximum absolute atomic E-state index is 13.8. The average molecular weight is 444 g/mol. The molecule has 0 unspecified atom stereocenters. The van der Waals surface area contributed by atoms with E-state index in [1.165, 1.54) is 4.90 Å². The molecule has 6 nitrogen and oxygen atoms in total. The number of methoxy groups -OCH3 is 1. The highest BCUT2D eigenvalue weighted by Crippen LogP contribution is 2.50. The van der Waals surface area contributed by atoms with E-state index in [1.807, 2.05) is 19.1 Å². The molecular formula is C24H29NO5S. The second-order valence-corrected chi connectivity index (χ2v) is 11.7. The van der Waals surface area contributed by atoms with E-state index in [0.29, 0.717) is 23.5 Å². The van der Waals surface area contributed by atoms with Crippen LogP contribution >= 0.6 is 0 Å². The number of carbonyl (C=O) groups is 1. The molecule has 0 spiro atoms. The lowest BCUT2D eigenvalue weighted by molar-refractivity contribution is -0.159. The summed E-state index contributed by atoms with van der Waals surface area (Å²) >= 11 is 0. The first-order valence-corrected chi connectivity index (χ1v) is 11.9. The molecule has 4 rings (SSSR count). The van der Waals surface area contributed by atoms with Gasteiger partial charge in [-0.15, -0.1) is 0 Å². The Bertz CT molecular complexity index is 1130. The van der Waals surface area contributed by atoms with Crippen molar-refractivity contribution in [1.82, 2.24) is 4.90 Å². The third kappa shape index (κ3) is 3.39. The summed E-state index contributed by atoms with van der Waals surface area (Å²) in [5.74, 6) is 0.206. The Labute approximate surface area is 184 Å². The van der Waals surface area contributed by atoms with E-state index in [0.717, 1.165) is 5.56 Å². The molecule has 0 saturated carbocycles. The van der Waals surface area contributed by atoms with E-state index in [4.69, 9.17) is 9.47 Å². The van der Waals surface area contributed by atoms with E-state index in [1.54, 1.807) is 44.5 Å². The minimum Gasteiger partial charge on any atom is -0.497 e. The van der Waals surface area contributed by atoms with Crippen LogP contribution in [0.3, 0.4) is 0 Å². The van der Waals surface area contributed by atoms with Gasteiger partial charge in [-0.2, -0.15) is 0 Å². The Kier molecular flexibility index (Phi) is 4.89. The van der Waals surface area contributed by atoms with Crippen LogP contribution in [-0.2, 0) is 20.0 Å². The molecule has 31 heavy (non-hydrogen) atoms. The van der Waals surface area contributed by atoms with Crippen molar-refractivity contribution < 1.29 is 22.7 Å². The highest BCUT2D eigenvalue weighted by Gasteiger charge is 2.57. The summed E-state index contributed by atoms with van der Waals surface area (Å²) in [6.07, 6.45) is 0.388. The summed E-state index contributed by atoms with van der Waals surface area (Å²) in [4.78, 5) is 15.0. The van der Waals surface area contributed by atoms with Gasteiger partial charge in [0, 0.05) is 24.9 Å². The molecule has 1 saturated heterocycles. The lowest BCUT2D eigenvalue weighted by atomic mass is 9.80. The molecule has 2 heterocycles. The number of amides is 1. The van der Waals surface area contributed by atoms with Crippen LogP contribution in [-0.4, -0.2) is 44.4 Å². The highest BCUT2D eigenvalue weighted by atomic mass is 32.2. The van der Waals surface area contributed by atoms with Gasteiger partial charge in [0.2, 0.25) is 5.91 Å². The van der Waals surface area contributed by atoms with E-state index in [2.05, 4.69) is 20.8 Å². The maximum atomic E-state index is 13.8. The van der Waals surface area contributed by atoms with Gasteiger partial charge in [0.15, 0.2) is 20.8 Å². The predicted molar refractivity (Wildman–Crippen MR) is 118 cm³/mol. The van der Waals surface area contributed by atoms with Crippen LogP contribution in [0.15, 0.2) is 47.4 Å². The smallest absolute Gasteiger partial charge is 0.244 e. The van der Waals surface area contributed by atoms with Gasteiger partial charge >= 0.3 is 0 Å². The second-order valence-electron chi connectivity index (χ2n) is 9.63. The van der Waals surface area contributed by atoms with Crippen LogP contribution in [0.2, 0.25) is 0 Å². The van der Waals surface area contributed by atoms with E-state index in [9.17, 15) is 13.2 Å². The largest absolute Gasteiger partial charge is 0.497 e. The van der Waals surface area contributed by atoms with Gasteiger partial charge in [-0.05, 0) is 48.2 Å². The number of carbonyl (C=O) groups excluding carboxylic acids is 1. The Hall–Kier alpha value is -2.54. The van der Waals surface area contributed by atoms with Crippen molar-refractivity contribution in [2.24, 2.45) is 0 Å². The quantitative estimate of drug-likeness (QED) is 0.720. The van der Waals surface area contributed by atoms with Crippen LogP contribution in [0.5, 0.6) is 11.5 Å². The topological polar surface area (TPSA) is 72.9 Å². The summed E-state index contributed by atoms with van der Waals surface area (Å²) < 4.78 is 39.0. The number of ether oxygens (including phenoxy) is 2. The number of fused-ring (bicyclic) bond motifs is 4. The van der Waals surface area contributed by atoms with Crippen molar-refractivity contribution in [2.75, 3.05) is 14.2 Å². The fourth-order valence-electron chi connectivity index (χ4n) is 4.54. The number of nitrogens with zero attached hydrogens (tertiary/aromatic N) is 1. The molecule has 2 aromatic carbocycles. The Balaban J connectivity index is 1.84. The van der Waals surface area contributed by atoms with Gasteiger partial charge in [-0.25, -0.2) is 8.42 Å². The molecule has 7 heteroatoms. The van der Waals surface area contributed by atoms with Crippen LogP contribution in [0.4, 0.5) is 0 Å². The lowest BCUT2D eigenvalue weighted by Gasteiger charge is -2.51. The third-order valence-electron chi connectivity index (χ3n) is 6.58. The molecule has 1 amide bonds. The summed E-state index contributed by atoms with van der Waals surface area (Å²) in [6, 6.07) is 12.2. The van der Waals surface area contributed by atoms with E-state index in [-0.39, 0.29) is 10.3 Å². The Morgan fingerprint density at radius 1 is 1.13 bits per heavy atom. The monoisotopic (exact) mass is 443 g/mol. The summed E-state index contributed by atoms with van der Waals surface area (Å²) in [7, 11) is -0.769. The third-order valence-corrected chi connectivity index (χ3v) is 8.71. The molecule has 2 aliphatic rings. The molecule has 1 fully saturated rings. The molecule has 3 atom stereocenters. The Morgan fingerprint density at radius 2 is 1.77 bits per heavy atom. The van der Waals surface area contributed by atoms with Gasteiger partial charge in [0.25, 0.3) is 0 Å². The predicted octanol–water partition coefficient (Wildman–Crippen LogP) is 3.89. The molecule has 0 aliphatic carbocycles. The van der Waals surface area contributed by atoms with Gasteiger partial charge < -0.3 is 14.4 Å². The molecule has 0 aromatic heterocycles. The van der Waals surface area contributed by atoms with Crippen LogP contribution in [0.1, 0.15) is 51.2 Å². The van der Waals surface area contributed by atoms with Crippen LogP contribution in [0.25, 0.3) is 0 Å². The van der Waals surface area contributed by atoms with Crippen molar-refractivity contribution in [2.45, 2.75) is 61.3 Å². The highest BCUT2D eigenvalue weighted by molar-refractivity contribution is 7.92. The van der Waals surface area contributed by atoms with Crippen molar-refractivity contribution in [3.63, 3.8) is 0 Å². The normalized spacial score (nSPS) is 25.6. The fraction of sp³-hybridized carbons (Fsp3) is 0.458. The average Bonchev–Trinajstić information content (AvgIpc) is 2.71. The zero-order chi connectivity index (χ0) is 22.8. The summed E-state index contributed by atoms with van der Waals surface area (Å²) in [5, 5.41) is -1.22.